The molecule has 0 unspecified atom stereocenters. The maximum absolute atomic E-state index is 10.2. The van der Waals surface area contributed by atoms with Crippen molar-refractivity contribution in [3.63, 3.8) is 0 Å². The summed E-state index contributed by atoms with van der Waals surface area (Å²) in [6, 6.07) is 0. The van der Waals surface area contributed by atoms with Gasteiger partial charge in [0.2, 0.25) is 0 Å². The van der Waals surface area contributed by atoms with Crippen molar-refractivity contribution in [1.29, 1.82) is 0 Å². The van der Waals surface area contributed by atoms with Gasteiger partial charge >= 0.3 is 5.97 Å². The molecule has 0 amide bonds. The molecule has 1 saturated carbocycles. The molecule has 1 aliphatic carbocycles. The highest BCUT2D eigenvalue weighted by atomic mass is 16.5. The van der Waals surface area contributed by atoms with Crippen LogP contribution in [0.1, 0.15) is 43.3 Å². The van der Waals surface area contributed by atoms with Crippen molar-refractivity contribution in [3.05, 3.63) is 11.7 Å². The van der Waals surface area contributed by atoms with E-state index in [1.807, 2.05) is 0 Å². The molecule has 1 aromatic heterocycles. The van der Waals surface area contributed by atoms with Crippen molar-refractivity contribution in [1.82, 2.24) is 10.1 Å². The monoisotopic (exact) mass is 226 g/mol. The lowest BCUT2D eigenvalue weighted by Gasteiger charge is -1.99. The number of carboxylic acids is 1. The van der Waals surface area contributed by atoms with Gasteiger partial charge in [-0.05, 0) is 12.8 Å². The van der Waals surface area contributed by atoms with Crippen LogP contribution >= 0.6 is 0 Å². The van der Waals surface area contributed by atoms with Gasteiger partial charge in [-0.25, -0.2) is 4.79 Å². The Morgan fingerprint density at radius 3 is 2.94 bits per heavy atom. The van der Waals surface area contributed by atoms with Crippen LogP contribution in [0.2, 0.25) is 0 Å². The zero-order chi connectivity index (χ0) is 11.4. The van der Waals surface area contributed by atoms with Gasteiger partial charge in [0.25, 0.3) is 5.89 Å². The van der Waals surface area contributed by atoms with Gasteiger partial charge in [-0.3, -0.25) is 0 Å². The summed E-state index contributed by atoms with van der Waals surface area (Å²) in [5.74, 6) is 0.474. The van der Waals surface area contributed by atoms with E-state index in [4.69, 9.17) is 14.4 Å². The molecule has 0 saturated heterocycles. The van der Waals surface area contributed by atoms with Crippen molar-refractivity contribution in [2.75, 3.05) is 6.61 Å². The number of ether oxygens (including phenoxy) is 1. The van der Waals surface area contributed by atoms with Crippen molar-refractivity contribution in [2.24, 2.45) is 0 Å². The topological polar surface area (TPSA) is 85.5 Å². The Bertz CT molecular complexity index is 357. The molecule has 0 aromatic carbocycles. The van der Waals surface area contributed by atoms with Crippen LogP contribution in [-0.4, -0.2) is 27.8 Å². The first-order valence-electron chi connectivity index (χ1n) is 5.37. The van der Waals surface area contributed by atoms with Crippen LogP contribution in [0.3, 0.4) is 0 Å². The Labute approximate surface area is 92.6 Å². The summed E-state index contributed by atoms with van der Waals surface area (Å²) in [5.41, 5.74) is 0. The number of hydrogen-bond acceptors (Lipinski definition) is 5. The normalized spacial score (nSPS) is 16.8. The van der Waals surface area contributed by atoms with Gasteiger partial charge in [-0.2, -0.15) is 4.98 Å². The van der Waals surface area contributed by atoms with E-state index in [0.29, 0.717) is 11.8 Å². The molecule has 0 spiro atoms. The fraction of sp³-hybridized carbons (Fsp3) is 0.700. The first-order chi connectivity index (χ1) is 7.75. The molecular formula is C10H14N2O4. The van der Waals surface area contributed by atoms with Gasteiger partial charge < -0.3 is 14.4 Å². The summed E-state index contributed by atoms with van der Waals surface area (Å²) < 4.78 is 9.84. The quantitative estimate of drug-likeness (QED) is 0.815. The minimum atomic E-state index is -1.00. The lowest BCUT2D eigenvalue weighted by Crippen LogP contribution is -2.06. The summed E-state index contributed by atoms with van der Waals surface area (Å²) in [6.45, 7) is -0.285. The van der Waals surface area contributed by atoms with Crippen molar-refractivity contribution in [2.45, 2.75) is 38.2 Å². The third-order valence-electron chi connectivity index (χ3n) is 2.66. The Morgan fingerprint density at radius 1 is 1.50 bits per heavy atom. The van der Waals surface area contributed by atoms with Gasteiger partial charge in [-0.15, -0.1) is 0 Å². The maximum Gasteiger partial charge on any atom is 0.329 e. The molecule has 6 heteroatoms. The fourth-order valence-corrected chi connectivity index (χ4v) is 1.90. The predicted molar refractivity (Wildman–Crippen MR) is 52.8 cm³/mol. The average Bonchev–Trinajstić information content (AvgIpc) is 2.85. The zero-order valence-corrected chi connectivity index (χ0v) is 8.89. The Morgan fingerprint density at radius 2 is 2.25 bits per heavy atom. The van der Waals surface area contributed by atoms with Crippen LogP contribution in [0.4, 0.5) is 0 Å². The number of rotatable bonds is 5. The Hall–Kier alpha value is -1.43. The van der Waals surface area contributed by atoms with E-state index in [-0.39, 0.29) is 13.2 Å². The van der Waals surface area contributed by atoms with E-state index in [1.165, 1.54) is 12.8 Å². The number of carbonyl (C=O) groups is 1. The first kappa shape index (κ1) is 11.1. The molecule has 1 aliphatic rings. The highest BCUT2D eigenvalue weighted by molar-refractivity contribution is 5.67. The van der Waals surface area contributed by atoms with Crippen LogP contribution in [-0.2, 0) is 16.1 Å². The van der Waals surface area contributed by atoms with Crippen molar-refractivity contribution >= 4 is 5.97 Å². The molecule has 0 bridgehead atoms. The van der Waals surface area contributed by atoms with E-state index in [0.717, 1.165) is 18.7 Å². The van der Waals surface area contributed by atoms with Crippen LogP contribution in [0.25, 0.3) is 0 Å². The Kier molecular flexibility index (Phi) is 3.51. The SMILES string of the molecule is O=C(O)COCc1nc(C2CCCC2)no1. The molecule has 1 heterocycles. The molecule has 0 atom stereocenters. The highest BCUT2D eigenvalue weighted by Gasteiger charge is 2.22. The van der Waals surface area contributed by atoms with Crippen LogP contribution < -0.4 is 0 Å². The molecule has 2 rings (SSSR count). The molecule has 1 N–H and O–H groups in total. The summed E-state index contributed by atoms with van der Waals surface area (Å²) in [6.07, 6.45) is 4.64. The number of nitrogens with zero attached hydrogens (tertiary/aromatic N) is 2. The summed E-state index contributed by atoms with van der Waals surface area (Å²) in [5, 5.41) is 12.3. The minimum Gasteiger partial charge on any atom is -0.480 e. The smallest absolute Gasteiger partial charge is 0.329 e. The molecule has 6 nitrogen and oxygen atoms in total. The second-order valence-corrected chi connectivity index (χ2v) is 3.91. The minimum absolute atomic E-state index is 0.0615. The van der Waals surface area contributed by atoms with Gasteiger partial charge in [0.05, 0.1) is 0 Å². The largest absolute Gasteiger partial charge is 0.480 e. The molecule has 0 aliphatic heterocycles. The van der Waals surface area contributed by atoms with Crippen molar-refractivity contribution < 1.29 is 19.2 Å². The van der Waals surface area contributed by atoms with Crippen LogP contribution in [0.5, 0.6) is 0 Å². The van der Waals surface area contributed by atoms with Gasteiger partial charge in [0, 0.05) is 5.92 Å². The average molecular weight is 226 g/mol. The maximum atomic E-state index is 10.2. The molecule has 16 heavy (non-hydrogen) atoms. The molecule has 88 valence electrons. The van der Waals surface area contributed by atoms with E-state index in [2.05, 4.69) is 10.1 Å². The van der Waals surface area contributed by atoms with Gasteiger partial charge in [0.1, 0.15) is 13.2 Å². The highest BCUT2D eigenvalue weighted by Crippen LogP contribution is 2.32. The number of hydrogen-bond donors (Lipinski definition) is 1. The lowest BCUT2D eigenvalue weighted by molar-refractivity contribution is -0.142. The van der Waals surface area contributed by atoms with E-state index >= 15 is 0 Å². The number of aliphatic carboxylic acids is 1. The Balaban J connectivity index is 1.84. The van der Waals surface area contributed by atoms with E-state index in [1.54, 1.807) is 0 Å². The van der Waals surface area contributed by atoms with Crippen LogP contribution in [0, 0.1) is 0 Å². The standard InChI is InChI=1S/C10H14N2O4/c13-9(14)6-15-5-8-11-10(12-16-8)7-3-1-2-4-7/h7H,1-6H2,(H,13,14). The molecule has 1 fully saturated rings. The molecule has 0 radical (unpaired) electrons. The zero-order valence-electron chi connectivity index (χ0n) is 8.89. The summed E-state index contributed by atoms with van der Waals surface area (Å²) in [7, 11) is 0. The van der Waals surface area contributed by atoms with Crippen molar-refractivity contribution in [3.8, 4) is 0 Å². The van der Waals surface area contributed by atoms with E-state index in [9.17, 15) is 4.79 Å². The predicted octanol–water partition coefficient (Wildman–Crippen LogP) is 1.33. The summed E-state index contributed by atoms with van der Waals surface area (Å²) >= 11 is 0. The fourth-order valence-electron chi connectivity index (χ4n) is 1.90. The number of carboxylic acid groups (broad SMARTS) is 1. The second-order valence-electron chi connectivity index (χ2n) is 3.91. The molecule has 1 aromatic rings. The molecular weight excluding hydrogens is 212 g/mol. The van der Waals surface area contributed by atoms with Crippen LogP contribution in [0.15, 0.2) is 4.52 Å². The van der Waals surface area contributed by atoms with Gasteiger partial charge in [0.15, 0.2) is 5.82 Å². The second kappa shape index (κ2) is 5.07. The van der Waals surface area contributed by atoms with E-state index < -0.39 is 5.97 Å². The van der Waals surface area contributed by atoms with Gasteiger partial charge in [-0.1, -0.05) is 18.0 Å². The lowest BCUT2D eigenvalue weighted by atomic mass is 10.1. The third kappa shape index (κ3) is 2.79. The first-order valence-corrected chi connectivity index (χ1v) is 5.37. The third-order valence-corrected chi connectivity index (χ3v) is 2.66. The number of aromatic nitrogens is 2. The summed E-state index contributed by atoms with van der Waals surface area (Å²) in [4.78, 5) is 14.4.